The summed E-state index contributed by atoms with van der Waals surface area (Å²) < 4.78 is 40.5. The second-order valence-electron chi connectivity index (χ2n) is 11.8. The van der Waals surface area contributed by atoms with Crippen LogP contribution in [-0.4, -0.2) is 84.7 Å². The molecule has 2 fully saturated rings. The van der Waals surface area contributed by atoms with Crippen LogP contribution in [0.3, 0.4) is 0 Å². The summed E-state index contributed by atoms with van der Waals surface area (Å²) in [6.07, 6.45) is -1.69. The van der Waals surface area contributed by atoms with E-state index in [4.69, 9.17) is 20.5 Å². The number of nitrogens with zero attached hydrogens (tertiary/aromatic N) is 3. The van der Waals surface area contributed by atoms with Crippen molar-refractivity contribution < 1.29 is 32.9 Å². The van der Waals surface area contributed by atoms with Gasteiger partial charge in [-0.1, -0.05) is 50.2 Å². The van der Waals surface area contributed by atoms with E-state index < -0.39 is 46.0 Å². The zero-order valence-electron chi connectivity index (χ0n) is 24.0. The molecule has 2 saturated heterocycles. The summed E-state index contributed by atoms with van der Waals surface area (Å²) >= 11 is 0. The van der Waals surface area contributed by atoms with Crippen LogP contribution in [0.4, 0.5) is 10.5 Å². The smallest absolute Gasteiger partial charge is 0.407 e. The van der Waals surface area contributed by atoms with Gasteiger partial charge in [0.1, 0.15) is 0 Å². The van der Waals surface area contributed by atoms with Gasteiger partial charge in [-0.25, -0.2) is 13.2 Å². The van der Waals surface area contributed by atoms with Crippen molar-refractivity contribution in [2.45, 2.75) is 68.9 Å². The Morgan fingerprint density at radius 2 is 1.93 bits per heavy atom. The normalized spacial score (nSPS) is 21.9. The van der Waals surface area contributed by atoms with Crippen molar-refractivity contribution in [1.29, 1.82) is 5.26 Å². The van der Waals surface area contributed by atoms with Crippen LogP contribution in [0.25, 0.3) is 0 Å². The predicted octanol–water partition coefficient (Wildman–Crippen LogP) is 3.30. The molecule has 2 aromatic rings. The number of benzene rings is 2. The third kappa shape index (κ3) is 7.40. The van der Waals surface area contributed by atoms with E-state index in [0.717, 1.165) is 5.56 Å². The molecule has 0 bridgehead atoms. The quantitative estimate of drug-likeness (QED) is 0.292. The molecule has 4 N–H and O–H groups in total. The zero-order chi connectivity index (χ0) is 30.5. The van der Waals surface area contributed by atoms with E-state index in [2.05, 4.69) is 6.07 Å². The molecule has 0 radical (unpaired) electrons. The molecule has 0 unspecified atom stereocenters. The van der Waals surface area contributed by atoms with Crippen molar-refractivity contribution in [2.75, 3.05) is 32.0 Å². The van der Waals surface area contributed by atoms with Crippen LogP contribution in [0.15, 0.2) is 59.5 Å². The van der Waals surface area contributed by atoms with Gasteiger partial charge < -0.3 is 25.4 Å². The molecule has 5 atom stereocenters. The number of ether oxygens (including phenoxy) is 2. The number of carboxylic acid groups (broad SMARTS) is 1. The van der Waals surface area contributed by atoms with E-state index in [1.807, 2.05) is 44.2 Å². The lowest BCUT2D eigenvalue weighted by molar-refractivity contribution is -0.0906. The van der Waals surface area contributed by atoms with Gasteiger partial charge >= 0.3 is 6.09 Å². The minimum atomic E-state index is -4.16. The molecule has 1 amide bonds. The van der Waals surface area contributed by atoms with Crippen molar-refractivity contribution in [2.24, 2.45) is 11.3 Å². The number of fused-ring (bicyclic) bond motifs is 1. The van der Waals surface area contributed by atoms with Crippen LogP contribution in [0.1, 0.15) is 38.7 Å². The van der Waals surface area contributed by atoms with Crippen LogP contribution < -0.4 is 5.73 Å². The lowest BCUT2D eigenvalue weighted by Gasteiger charge is -2.40. The Hall–Kier alpha value is -3.21. The second kappa shape index (κ2) is 13.4. The largest absolute Gasteiger partial charge is 0.465 e. The lowest BCUT2D eigenvalue weighted by Crippen LogP contribution is -2.58. The van der Waals surface area contributed by atoms with E-state index in [1.165, 1.54) is 21.3 Å². The molecule has 2 aliphatic heterocycles. The molecular formula is C30H40N4O7S. The van der Waals surface area contributed by atoms with Crippen molar-refractivity contribution in [3.8, 4) is 6.07 Å². The summed E-state index contributed by atoms with van der Waals surface area (Å²) in [4.78, 5) is 14.0. The van der Waals surface area contributed by atoms with Gasteiger partial charge in [-0.3, -0.25) is 4.90 Å². The zero-order valence-corrected chi connectivity index (χ0v) is 24.8. The van der Waals surface area contributed by atoms with E-state index in [9.17, 15) is 23.4 Å². The fourth-order valence-corrected chi connectivity index (χ4v) is 7.59. The number of aliphatic hydroxyl groups is 1. The highest BCUT2D eigenvalue weighted by Gasteiger charge is 2.49. The summed E-state index contributed by atoms with van der Waals surface area (Å²) in [6.45, 7) is 3.92. The Balaban J connectivity index is 1.71. The molecule has 11 nitrogen and oxygen atoms in total. The third-order valence-corrected chi connectivity index (χ3v) is 9.89. The molecule has 42 heavy (non-hydrogen) atoms. The Morgan fingerprint density at radius 3 is 2.60 bits per heavy atom. The standard InChI is InChI=1S/C30H40N4O7S/c1-30(2,13-7-14-31)20-33(42(38,39)23-11-6-10-22(32)17-23)18-27(35)25(16-21-8-4-3-5-9-21)34(29(36)37)26-19-41-28-24(26)12-15-40-28/h3-6,8-11,17,24-28,35H,7,12-13,15-16,18-20,32H2,1-2H3,(H,36,37)/t24-,25-,26-,27+,28+/m0/s1. The van der Waals surface area contributed by atoms with Gasteiger partial charge in [0.05, 0.1) is 42.4 Å². The van der Waals surface area contributed by atoms with Crippen LogP contribution in [0, 0.1) is 22.7 Å². The summed E-state index contributed by atoms with van der Waals surface area (Å²) in [6, 6.07) is 15.7. The highest BCUT2D eigenvalue weighted by Crippen LogP contribution is 2.36. The molecular weight excluding hydrogens is 560 g/mol. The Morgan fingerprint density at radius 1 is 1.19 bits per heavy atom. The number of amides is 1. The van der Waals surface area contributed by atoms with Gasteiger partial charge in [-0.15, -0.1) is 0 Å². The predicted molar refractivity (Wildman–Crippen MR) is 156 cm³/mol. The number of sulfonamides is 1. The number of anilines is 1. The SMILES string of the molecule is CC(C)(CCC#N)CN(C[C@@H](O)[C@H](Cc1ccccc1)N(C(=O)O)[C@H]1CO[C@H]2OCC[C@H]21)S(=O)(=O)c1cccc(N)c1. The van der Waals surface area contributed by atoms with Crippen molar-refractivity contribution in [3.63, 3.8) is 0 Å². The Bertz CT molecular complexity index is 1370. The summed E-state index contributed by atoms with van der Waals surface area (Å²) in [5.74, 6) is -0.191. The van der Waals surface area contributed by atoms with E-state index >= 15 is 0 Å². The maximum absolute atomic E-state index is 14.0. The summed E-state index contributed by atoms with van der Waals surface area (Å²) in [5.41, 5.74) is 6.36. The van der Waals surface area contributed by atoms with Crippen LogP contribution in [0.5, 0.6) is 0 Å². The van der Waals surface area contributed by atoms with Gasteiger partial charge in [-0.05, 0) is 48.4 Å². The number of carbonyl (C=O) groups is 1. The molecule has 0 aliphatic carbocycles. The molecule has 12 heteroatoms. The maximum atomic E-state index is 14.0. The lowest BCUT2D eigenvalue weighted by atomic mass is 9.87. The number of hydrogen-bond acceptors (Lipinski definition) is 8. The number of nitriles is 1. The number of rotatable bonds is 13. The first-order chi connectivity index (χ1) is 19.9. The molecule has 4 rings (SSSR count). The summed E-state index contributed by atoms with van der Waals surface area (Å²) in [7, 11) is -4.16. The minimum absolute atomic E-state index is 0.000913. The molecule has 2 heterocycles. The maximum Gasteiger partial charge on any atom is 0.407 e. The van der Waals surface area contributed by atoms with Crippen LogP contribution in [0.2, 0.25) is 0 Å². The van der Waals surface area contributed by atoms with E-state index in [0.29, 0.717) is 19.4 Å². The van der Waals surface area contributed by atoms with Gasteiger partial charge in [0.15, 0.2) is 6.29 Å². The minimum Gasteiger partial charge on any atom is -0.465 e. The third-order valence-electron chi connectivity index (χ3n) is 8.08. The fourth-order valence-electron chi connectivity index (χ4n) is 5.89. The van der Waals surface area contributed by atoms with Crippen LogP contribution >= 0.6 is 0 Å². The second-order valence-corrected chi connectivity index (χ2v) is 13.7. The first kappa shape index (κ1) is 31.7. The molecule has 2 aromatic carbocycles. The first-order valence-electron chi connectivity index (χ1n) is 14.1. The highest BCUT2D eigenvalue weighted by atomic mass is 32.2. The average molecular weight is 601 g/mol. The molecule has 0 spiro atoms. The topological polar surface area (TPSA) is 166 Å². The highest BCUT2D eigenvalue weighted by molar-refractivity contribution is 7.89. The molecule has 0 saturated carbocycles. The Kier molecular flexibility index (Phi) is 10.1. The number of hydrogen-bond donors (Lipinski definition) is 3. The fraction of sp³-hybridized carbons (Fsp3) is 0.533. The first-order valence-corrected chi connectivity index (χ1v) is 15.6. The van der Waals surface area contributed by atoms with Gasteiger partial charge in [-0.2, -0.15) is 9.57 Å². The number of aliphatic hydroxyl groups excluding tert-OH is 1. The van der Waals surface area contributed by atoms with Crippen molar-refractivity contribution in [1.82, 2.24) is 9.21 Å². The molecule has 228 valence electrons. The van der Waals surface area contributed by atoms with Gasteiger partial charge in [0, 0.05) is 31.1 Å². The molecule has 2 aliphatic rings. The van der Waals surface area contributed by atoms with Gasteiger partial charge in [0.2, 0.25) is 10.0 Å². The van der Waals surface area contributed by atoms with Crippen LogP contribution in [-0.2, 0) is 25.9 Å². The van der Waals surface area contributed by atoms with Crippen molar-refractivity contribution in [3.05, 3.63) is 60.2 Å². The number of nitrogen functional groups attached to an aromatic ring is 1. The average Bonchev–Trinajstić information content (AvgIpc) is 3.56. The van der Waals surface area contributed by atoms with Gasteiger partial charge in [0.25, 0.3) is 0 Å². The summed E-state index contributed by atoms with van der Waals surface area (Å²) in [5, 5.41) is 31.5. The Labute approximate surface area is 247 Å². The van der Waals surface area contributed by atoms with Crippen molar-refractivity contribution >= 4 is 21.8 Å². The molecule has 0 aromatic heterocycles. The van der Waals surface area contributed by atoms with E-state index in [1.54, 1.807) is 12.1 Å². The monoisotopic (exact) mass is 600 g/mol. The number of nitrogens with two attached hydrogens (primary N) is 1. The van der Waals surface area contributed by atoms with E-state index in [-0.39, 0.29) is 49.0 Å².